The van der Waals surface area contributed by atoms with E-state index >= 15 is 0 Å². The second-order valence-corrected chi connectivity index (χ2v) is 6.90. The molecule has 24 heavy (non-hydrogen) atoms. The lowest BCUT2D eigenvalue weighted by atomic mass is 10.1. The number of thiocarbonyl (C=S) groups is 1. The highest BCUT2D eigenvalue weighted by Gasteiger charge is 2.10. The van der Waals surface area contributed by atoms with E-state index in [4.69, 9.17) is 12.2 Å². The Labute approximate surface area is 151 Å². The van der Waals surface area contributed by atoms with Crippen molar-refractivity contribution < 1.29 is 4.79 Å². The van der Waals surface area contributed by atoms with Crippen LogP contribution in [0.5, 0.6) is 0 Å². The zero-order valence-electron chi connectivity index (χ0n) is 14.6. The zero-order chi connectivity index (χ0) is 17.2. The molecule has 1 heterocycles. The fraction of sp³-hybridized carbons (Fsp3) is 0.579. The van der Waals surface area contributed by atoms with Crippen LogP contribution in [0, 0.1) is 0 Å². The van der Waals surface area contributed by atoms with Gasteiger partial charge in [0.1, 0.15) is 0 Å². The highest BCUT2D eigenvalue weighted by Crippen LogP contribution is 2.15. The van der Waals surface area contributed by atoms with Crippen LogP contribution in [0.4, 0.5) is 5.69 Å². The van der Waals surface area contributed by atoms with Crippen LogP contribution >= 0.6 is 12.2 Å². The molecule has 132 valence electrons. The summed E-state index contributed by atoms with van der Waals surface area (Å²) in [5.74, 6) is -0.0114. The molecule has 5 heteroatoms. The molecule has 0 bridgehead atoms. The quantitative estimate of drug-likeness (QED) is 0.576. The molecule has 0 saturated carbocycles. The van der Waals surface area contributed by atoms with Gasteiger partial charge in [-0.25, -0.2) is 0 Å². The number of benzene rings is 1. The molecule has 0 spiro atoms. The summed E-state index contributed by atoms with van der Waals surface area (Å²) in [5, 5.41) is 6.20. The molecule has 1 aromatic carbocycles. The molecular weight excluding hydrogens is 318 g/mol. The number of rotatable bonds is 7. The third-order valence-corrected chi connectivity index (χ3v) is 4.53. The van der Waals surface area contributed by atoms with Crippen LogP contribution in [-0.2, 0) is 11.3 Å². The first-order valence-corrected chi connectivity index (χ1v) is 9.50. The molecule has 2 N–H and O–H groups in total. The van der Waals surface area contributed by atoms with Crippen molar-refractivity contribution in [3.05, 3.63) is 29.8 Å². The summed E-state index contributed by atoms with van der Waals surface area (Å²) in [6.45, 7) is 5.54. The van der Waals surface area contributed by atoms with E-state index in [9.17, 15) is 4.79 Å². The third-order valence-electron chi connectivity index (χ3n) is 4.33. The van der Waals surface area contributed by atoms with Crippen molar-refractivity contribution in [3.63, 3.8) is 0 Å². The van der Waals surface area contributed by atoms with E-state index < -0.39 is 0 Å². The molecule has 1 aliphatic heterocycles. The number of hydrogen-bond acceptors (Lipinski definition) is 3. The fourth-order valence-electron chi connectivity index (χ4n) is 2.96. The van der Waals surface area contributed by atoms with Gasteiger partial charge in [0, 0.05) is 18.7 Å². The fourth-order valence-corrected chi connectivity index (χ4v) is 3.19. The minimum absolute atomic E-state index is 0.0114. The van der Waals surface area contributed by atoms with Crippen molar-refractivity contribution in [3.8, 4) is 0 Å². The lowest BCUT2D eigenvalue weighted by Crippen LogP contribution is -2.33. The van der Waals surface area contributed by atoms with Gasteiger partial charge in [0.05, 0.1) is 0 Å². The largest absolute Gasteiger partial charge is 0.332 e. The summed E-state index contributed by atoms with van der Waals surface area (Å²) < 4.78 is 0. The van der Waals surface area contributed by atoms with Gasteiger partial charge in [-0.05, 0) is 62.3 Å². The van der Waals surface area contributed by atoms with Crippen LogP contribution in [-0.4, -0.2) is 29.0 Å². The summed E-state index contributed by atoms with van der Waals surface area (Å²) in [6.07, 6.45) is 7.62. The Morgan fingerprint density at radius 3 is 2.50 bits per heavy atom. The highest BCUT2D eigenvalue weighted by atomic mass is 32.1. The van der Waals surface area contributed by atoms with E-state index in [1.807, 2.05) is 12.1 Å². The molecule has 2 rings (SSSR count). The van der Waals surface area contributed by atoms with Crippen molar-refractivity contribution in [2.45, 2.75) is 58.4 Å². The van der Waals surface area contributed by atoms with Gasteiger partial charge in [0.2, 0.25) is 5.91 Å². The van der Waals surface area contributed by atoms with Crippen LogP contribution in [0.15, 0.2) is 24.3 Å². The molecule has 1 saturated heterocycles. The molecule has 1 fully saturated rings. The topological polar surface area (TPSA) is 44.4 Å². The number of amides is 1. The molecule has 0 aliphatic carbocycles. The smallest absolute Gasteiger partial charge is 0.226 e. The Balaban J connectivity index is 1.74. The van der Waals surface area contributed by atoms with Gasteiger partial charge in [0.15, 0.2) is 5.11 Å². The summed E-state index contributed by atoms with van der Waals surface area (Å²) >= 11 is 5.20. The number of hydrogen-bond donors (Lipinski definition) is 2. The van der Waals surface area contributed by atoms with Crippen LogP contribution in [0.2, 0.25) is 0 Å². The highest BCUT2D eigenvalue weighted by molar-refractivity contribution is 7.80. The molecule has 0 atom stereocenters. The van der Waals surface area contributed by atoms with Gasteiger partial charge in [-0.2, -0.15) is 0 Å². The van der Waals surface area contributed by atoms with Crippen molar-refractivity contribution in [2.24, 2.45) is 0 Å². The lowest BCUT2D eigenvalue weighted by Gasteiger charge is -2.26. The number of carbonyl (C=O) groups is 1. The summed E-state index contributed by atoms with van der Waals surface area (Å²) in [7, 11) is 0. The van der Waals surface area contributed by atoms with Crippen LogP contribution in [0.3, 0.4) is 0 Å². The minimum atomic E-state index is -0.0114. The Bertz CT molecular complexity index is 524. The summed E-state index contributed by atoms with van der Waals surface area (Å²) in [4.78, 5) is 14.3. The van der Waals surface area contributed by atoms with E-state index in [0.29, 0.717) is 11.5 Å². The molecule has 4 nitrogen and oxygen atoms in total. The lowest BCUT2D eigenvalue weighted by molar-refractivity contribution is -0.119. The number of piperidine rings is 1. The van der Waals surface area contributed by atoms with E-state index in [0.717, 1.165) is 31.5 Å². The van der Waals surface area contributed by atoms with E-state index in [-0.39, 0.29) is 5.91 Å². The maximum absolute atomic E-state index is 11.7. The van der Waals surface area contributed by atoms with Gasteiger partial charge in [-0.1, -0.05) is 38.3 Å². The first-order chi connectivity index (χ1) is 11.7. The Morgan fingerprint density at radius 2 is 1.83 bits per heavy atom. The predicted octanol–water partition coefficient (Wildman–Crippen LogP) is 4.07. The molecule has 1 aromatic rings. The van der Waals surface area contributed by atoms with Crippen molar-refractivity contribution >= 4 is 28.9 Å². The summed E-state index contributed by atoms with van der Waals surface area (Å²) in [5.41, 5.74) is 2.23. The molecular formula is C19H29N3OS. The predicted molar refractivity (Wildman–Crippen MR) is 104 cm³/mol. The number of nitrogens with zero attached hydrogens (tertiary/aromatic N) is 1. The van der Waals surface area contributed by atoms with Gasteiger partial charge in [-0.15, -0.1) is 0 Å². The molecule has 1 amide bonds. The van der Waals surface area contributed by atoms with Gasteiger partial charge in [0.25, 0.3) is 0 Å². The SMILES string of the molecule is CCCCCC(=O)NC(=S)Nc1ccc(CN2CCCCC2)cc1. The number of unbranched alkanes of at least 4 members (excludes halogenated alkanes) is 2. The second-order valence-electron chi connectivity index (χ2n) is 6.49. The van der Waals surface area contributed by atoms with Crippen LogP contribution < -0.4 is 10.6 Å². The maximum atomic E-state index is 11.7. The standard InChI is InChI=1S/C19H29N3OS/c1-2-3-5-8-18(23)21-19(24)20-17-11-9-16(10-12-17)15-22-13-6-4-7-14-22/h9-12H,2-8,13-15H2,1H3,(H2,20,21,23,24). The average Bonchev–Trinajstić information content (AvgIpc) is 2.58. The number of likely N-dealkylation sites (tertiary alicyclic amines) is 1. The van der Waals surface area contributed by atoms with E-state index in [2.05, 4.69) is 34.6 Å². The van der Waals surface area contributed by atoms with Crippen molar-refractivity contribution in [1.29, 1.82) is 0 Å². The first kappa shape index (κ1) is 18.9. The monoisotopic (exact) mass is 347 g/mol. The van der Waals surface area contributed by atoms with Gasteiger partial charge in [-0.3, -0.25) is 9.69 Å². The second kappa shape index (κ2) is 10.4. The maximum Gasteiger partial charge on any atom is 0.226 e. The number of anilines is 1. The molecule has 0 radical (unpaired) electrons. The number of carbonyl (C=O) groups excluding carboxylic acids is 1. The molecule has 0 aromatic heterocycles. The van der Waals surface area contributed by atoms with Gasteiger partial charge >= 0.3 is 0 Å². The Kier molecular flexibility index (Phi) is 8.19. The number of nitrogens with one attached hydrogen (secondary N) is 2. The van der Waals surface area contributed by atoms with Crippen LogP contribution in [0.1, 0.15) is 57.4 Å². The zero-order valence-corrected chi connectivity index (χ0v) is 15.5. The van der Waals surface area contributed by atoms with E-state index in [1.54, 1.807) is 0 Å². The Morgan fingerprint density at radius 1 is 1.12 bits per heavy atom. The third kappa shape index (κ3) is 6.97. The molecule has 1 aliphatic rings. The van der Waals surface area contributed by atoms with Crippen molar-refractivity contribution in [2.75, 3.05) is 18.4 Å². The average molecular weight is 348 g/mol. The first-order valence-electron chi connectivity index (χ1n) is 9.09. The van der Waals surface area contributed by atoms with Gasteiger partial charge < -0.3 is 10.6 Å². The summed E-state index contributed by atoms with van der Waals surface area (Å²) in [6, 6.07) is 8.30. The minimum Gasteiger partial charge on any atom is -0.332 e. The normalized spacial score (nSPS) is 15.0. The molecule has 0 unspecified atom stereocenters. The Hall–Kier alpha value is -1.46. The van der Waals surface area contributed by atoms with E-state index in [1.165, 1.54) is 37.9 Å². The van der Waals surface area contributed by atoms with Crippen LogP contribution in [0.25, 0.3) is 0 Å². The van der Waals surface area contributed by atoms with Crippen molar-refractivity contribution in [1.82, 2.24) is 10.2 Å².